The monoisotopic (exact) mass is 541 g/mol. The fourth-order valence-electron chi connectivity index (χ4n) is 6.17. The summed E-state index contributed by atoms with van der Waals surface area (Å²) in [4.78, 5) is 31.6. The molecule has 0 bridgehead atoms. The summed E-state index contributed by atoms with van der Waals surface area (Å²) in [6.07, 6.45) is 4.58. The lowest BCUT2D eigenvalue weighted by Gasteiger charge is -2.34. The number of carbonyl (C=O) groups excluding carboxylic acids is 1. The zero-order valence-electron chi connectivity index (χ0n) is 22.3. The summed E-state index contributed by atoms with van der Waals surface area (Å²) < 4.78 is 40.4. The van der Waals surface area contributed by atoms with Gasteiger partial charge in [-0.2, -0.15) is 0 Å². The minimum absolute atomic E-state index is 0.00514. The van der Waals surface area contributed by atoms with Gasteiger partial charge in [0.2, 0.25) is 0 Å². The molecule has 0 spiro atoms. The molecule has 208 valence electrons. The Morgan fingerprint density at radius 2 is 1.82 bits per heavy atom. The van der Waals surface area contributed by atoms with E-state index >= 15 is 0 Å². The number of nitrogens with zero attached hydrogens (tertiary/aromatic N) is 3. The van der Waals surface area contributed by atoms with Crippen LogP contribution in [0.15, 0.2) is 30.3 Å². The number of carboxylic acid groups (broad SMARTS) is 1. The van der Waals surface area contributed by atoms with Gasteiger partial charge in [-0.15, -0.1) is 0 Å². The number of amides is 1. The summed E-state index contributed by atoms with van der Waals surface area (Å²) in [5.74, 6) is -3.80. The van der Waals surface area contributed by atoms with Gasteiger partial charge >= 0.3 is 12.1 Å². The van der Waals surface area contributed by atoms with Gasteiger partial charge in [-0.1, -0.05) is 6.07 Å². The summed E-state index contributed by atoms with van der Waals surface area (Å²) in [5, 5.41) is 10.1. The van der Waals surface area contributed by atoms with E-state index in [0.717, 1.165) is 66.5 Å². The lowest BCUT2D eigenvalue weighted by molar-refractivity contribution is -0.138. The fourth-order valence-corrected chi connectivity index (χ4v) is 6.17. The normalized spacial score (nSPS) is 22.0. The number of carboxylic acids is 1. The van der Waals surface area contributed by atoms with Crippen molar-refractivity contribution < 1.29 is 33.0 Å². The van der Waals surface area contributed by atoms with E-state index in [2.05, 4.69) is 4.57 Å². The smallest absolute Gasteiger partial charge is 0.414 e. The number of imidazole rings is 1. The average molecular weight is 542 g/mol. The predicted molar refractivity (Wildman–Crippen MR) is 141 cm³/mol. The third kappa shape index (κ3) is 4.97. The second-order valence-electron chi connectivity index (χ2n) is 10.5. The Morgan fingerprint density at radius 3 is 2.46 bits per heavy atom. The van der Waals surface area contributed by atoms with E-state index in [1.165, 1.54) is 13.2 Å². The van der Waals surface area contributed by atoms with Gasteiger partial charge in [-0.05, 0) is 75.3 Å². The molecule has 0 radical (unpaired) electrons. The summed E-state index contributed by atoms with van der Waals surface area (Å²) >= 11 is 0. The van der Waals surface area contributed by atoms with Crippen LogP contribution in [0.1, 0.15) is 67.9 Å². The third-order valence-electron chi connectivity index (χ3n) is 8.27. The Kier molecular flexibility index (Phi) is 7.57. The Balaban J connectivity index is 1.63. The van der Waals surface area contributed by atoms with E-state index < -0.39 is 29.6 Å². The Bertz CT molecular complexity index is 1400. The molecule has 1 fully saturated rings. The van der Waals surface area contributed by atoms with Gasteiger partial charge in [0.25, 0.3) is 0 Å². The highest BCUT2D eigenvalue weighted by atomic mass is 19.2. The minimum Gasteiger partial charge on any atom is -0.481 e. The molecular weight excluding hydrogens is 508 g/mol. The molecule has 8 nitrogen and oxygen atoms in total. The number of methoxy groups -OCH3 is 2. The lowest BCUT2D eigenvalue weighted by atomic mass is 9.91. The van der Waals surface area contributed by atoms with Crippen LogP contribution in [-0.4, -0.2) is 53.1 Å². The number of hydrogen-bond acceptors (Lipinski definition) is 5. The van der Waals surface area contributed by atoms with Gasteiger partial charge in [-0.25, -0.2) is 18.6 Å². The van der Waals surface area contributed by atoms with E-state index in [1.807, 2.05) is 19.1 Å². The number of carbonyl (C=O) groups is 2. The molecule has 1 aromatic heterocycles. The number of halogens is 2. The molecule has 1 amide bonds. The molecule has 1 N–H and O–H groups in total. The number of fused-ring (bicyclic) bond motifs is 3. The number of benzene rings is 2. The van der Waals surface area contributed by atoms with Gasteiger partial charge in [-0.3, -0.25) is 9.69 Å². The van der Waals surface area contributed by atoms with Crippen molar-refractivity contribution in [3.63, 3.8) is 0 Å². The molecule has 1 aliphatic heterocycles. The molecule has 1 saturated carbocycles. The molecule has 1 aliphatic carbocycles. The van der Waals surface area contributed by atoms with Gasteiger partial charge < -0.3 is 19.1 Å². The second-order valence-corrected chi connectivity index (χ2v) is 10.5. The molecule has 0 saturated heterocycles. The average Bonchev–Trinajstić information content (AvgIpc) is 3.31. The van der Waals surface area contributed by atoms with Crippen molar-refractivity contribution in [2.45, 2.75) is 76.0 Å². The van der Waals surface area contributed by atoms with Crippen LogP contribution >= 0.6 is 0 Å². The molecule has 2 aliphatic rings. The Labute approximate surface area is 225 Å². The van der Waals surface area contributed by atoms with E-state index in [9.17, 15) is 23.5 Å². The fraction of sp³-hybridized carbons (Fsp3) is 0.483. The van der Waals surface area contributed by atoms with E-state index in [0.29, 0.717) is 12.2 Å². The van der Waals surface area contributed by atoms with Crippen LogP contribution in [0.5, 0.6) is 0 Å². The molecule has 3 aromatic rings. The first-order valence-corrected chi connectivity index (χ1v) is 13.3. The van der Waals surface area contributed by atoms with Gasteiger partial charge in [0.1, 0.15) is 5.82 Å². The van der Waals surface area contributed by atoms with Crippen molar-refractivity contribution in [3.8, 4) is 0 Å². The number of aliphatic carboxylic acids is 1. The van der Waals surface area contributed by atoms with Crippen LogP contribution in [0.2, 0.25) is 0 Å². The van der Waals surface area contributed by atoms with Crippen molar-refractivity contribution in [2.24, 2.45) is 0 Å². The standard InChI is InChI=1S/C29H33F2N3O5/c1-16-4-10-20-24(33(16)29(37)39-3)12-13-25-27(20)32-26(34(25)18-6-8-19(38-2)9-7-18)15-21(28(35)36)17-5-11-22(30)23(31)14-17/h5,11-14,16,18-19,21H,4,6-10,15H2,1-3H3,(H,35,36)/t16-,18?,19?,21-/m0/s1. The molecule has 10 heteroatoms. The summed E-state index contributed by atoms with van der Waals surface area (Å²) in [6, 6.07) is 7.10. The number of ether oxygens (including phenoxy) is 2. The molecule has 39 heavy (non-hydrogen) atoms. The molecule has 2 heterocycles. The predicted octanol–water partition coefficient (Wildman–Crippen LogP) is 5.76. The summed E-state index contributed by atoms with van der Waals surface area (Å²) in [6.45, 7) is 1.97. The molecular formula is C29H33F2N3O5. The van der Waals surface area contributed by atoms with Crippen molar-refractivity contribution in [1.82, 2.24) is 9.55 Å². The summed E-state index contributed by atoms with van der Waals surface area (Å²) in [7, 11) is 3.07. The number of aromatic nitrogens is 2. The number of hydrogen-bond donors (Lipinski definition) is 1. The first-order chi connectivity index (χ1) is 18.7. The van der Waals surface area contributed by atoms with Gasteiger partial charge in [0.15, 0.2) is 11.6 Å². The highest BCUT2D eigenvalue weighted by Crippen LogP contribution is 2.40. The molecule has 5 rings (SSSR count). The minimum atomic E-state index is -1.14. The van der Waals surface area contributed by atoms with Crippen molar-refractivity contribution in [2.75, 3.05) is 19.1 Å². The first kappa shape index (κ1) is 27.1. The highest BCUT2D eigenvalue weighted by Gasteiger charge is 2.34. The molecule has 0 unspecified atom stereocenters. The Hall–Kier alpha value is -3.53. The lowest BCUT2D eigenvalue weighted by Crippen LogP contribution is -2.42. The van der Waals surface area contributed by atoms with Crippen LogP contribution in [0, 0.1) is 11.6 Å². The van der Waals surface area contributed by atoms with Gasteiger partial charge in [0, 0.05) is 31.2 Å². The number of anilines is 1. The van der Waals surface area contributed by atoms with Gasteiger partial charge in [0.05, 0.1) is 35.9 Å². The largest absolute Gasteiger partial charge is 0.481 e. The topological polar surface area (TPSA) is 93.9 Å². The SMILES string of the molecule is COC(=O)N1c2ccc3c(nc(C[C@H](C(=O)O)c4ccc(F)c(F)c4)n3C3CCC(OC)CC3)c2CC[C@@H]1C. The van der Waals surface area contributed by atoms with Crippen LogP contribution in [0.3, 0.4) is 0 Å². The first-order valence-electron chi connectivity index (χ1n) is 13.3. The Morgan fingerprint density at radius 1 is 1.08 bits per heavy atom. The van der Waals surface area contributed by atoms with Crippen LogP contribution in [0.25, 0.3) is 11.0 Å². The third-order valence-corrected chi connectivity index (χ3v) is 8.27. The van der Waals surface area contributed by atoms with E-state index in [1.54, 1.807) is 12.0 Å². The number of rotatable bonds is 6. The maximum atomic E-state index is 14.1. The van der Waals surface area contributed by atoms with Crippen molar-refractivity contribution >= 4 is 28.8 Å². The second kappa shape index (κ2) is 10.9. The molecule has 2 atom stereocenters. The maximum absolute atomic E-state index is 14.1. The quantitative estimate of drug-likeness (QED) is 0.426. The van der Waals surface area contributed by atoms with E-state index in [-0.39, 0.29) is 30.2 Å². The van der Waals surface area contributed by atoms with Crippen LogP contribution < -0.4 is 4.90 Å². The van der Waals surface area contributed by atoms with Crippen LogP contribution in [-0.2, 0) is 27.1 Å². The zero-order chi connectivity index (χ0) is 27.8. The van der Waals surface area contributed by atoms with Crippen molar-refractivity contribution in [1.29, 1.82) is 0 Å². The van der Waals surface area contributed by atoms with E-state index in [4.69, 9.17) is 14.5 Å². The molecule has 2 aromatic carbocycles. The maximum Gasteiger partial charge on any atom is 0.414 e. The number of aryl methyl sites for hydroxylation is 1. The van der Waals surface area contributed by atoms with Crippen molar-refractivity contribution in [3.05, 3.63) is 58.9 Å². The summed E-state index contributed by atoms with van der Waals surface area (Å²) in [5.41, 5.74) is 3.44. The van der Waals surface area contributed by atoms with Crippen LogP contribution in [0.4, 0.5) is 19.3 Å². The zero-order valence-corrected chi connectivity index (χ0v) is 22.3. The highest BCUT2D eigenvalue weighted by molar-refractivity contribution is 5.95.